The minimum atomic E-state index is -0.284. The second-order valence-corrected chi connectivity index (χ2v) is 6.44. The Morgan fingerprint density at radius 1 is 1.33 bits per heavy atom. The van der Waals surface area contributed by atoms with Gasteiger partial charge in [0.25, 0.3) is 0 Å². The molecule has 3 amide bonds. The highest BCUT2D eigenvalue weighted by Gasteiger charge is 2.47. The van der Waals surface area contributed by atoms with E-state index in [-0.39, 0.29) is 29.9 Å². The van der Waals surface area contributed by atoms with E-state index in [1.54, 1.807) is 12.0 Å². The smallest absolute Gasteiger partial charge is 0.325 e. The quantitative estimate of drug-likeness (QED) is 0.866. The van der Waals surface area contributed by atoms with Gasteiger partial charge in [0.05, 0.1) is 19.2 Å². The first kappa shape index (κ1) is 16.8. The Bertz CT molecular complexity index is 619. The summed E-state index contributed by atoms with van der Waals surface area (Å²) in [6.07, 6.45) is 2.56. The van der Waals surface area contributed by atoms with Crippen molar-refractivity contribution in [1.29, 1.82) is 0 Å². The van der Waals surface area contributed by atoms with Crippen LogP contribution in [0.4, 0.5) is 4.79 Å². The third-order valence-corrected chi connectivity index (χ3v) is 4.99. The molecule has 0 aliphatic carbocycles. The van der Waals surface area contributed by atoms with Gasteiger partial charge in [-0.15, -0.1) is 0 Å². The van der Waals surface area contributed by atoms with Crippen LogP contribution in [0.3, 0.4) is 0 Å². The van der Waals surface area contributed by atoms with E-state index in [0.29, 0.717) is 6.54 Å². The number of carbonyl (C=O) groups excluding carboxylic acids is 2. The average molecular weight is 331 g/mol. The van der Waals surface area contributed by atoms with Gasteiger partial charge in [0.2, 0.25) is 5.91 Å². The van der Waals surface area contributed by atoms with Crippen LogP contribution in [0.1, 0.15) is 37.7 Å². The SMILES string of the molecule is CCCCN1C(=O)NC(=O)C2C(c3cccc(OC)c3)CCNC21. The molecule has 1 aromatic rings. The van der Waals surface area contributed by atoms with E-state index in [0.717, 1.165) is 37.1 Å². The Morgan fingerprint density at radius 3 is 2.92 bits per heavy atom. The molecule has 2 N–H and O–H groups in total. The van der Waals surface area contributed by atoms with Crippen LogP contribution in [0.15, 0.2) is 24.3 Å². The van der Waals surface area contributed by atoms with Gasteiger partial charge in [0, 0.05) is 12.5 Å². The van der Waals surface area contributed by atoms with Crippen LogP contribution in [0.2, 0.25) is 0 Å². The average Bonchev–Trinajstić information content (AvgIpc) is 2.61. The highest BCUT2D eigenvalue weighted by Crippen LogP contribution is 2.37. The summed E-state index contributed by atoms with van der Waals surface area (Å²) in [7, 11) is 1.64. The molecule has 24 heavy (non-hydrogen) atoms. The minimum Gasteiger partial charge on any atom is -0.497 e. The van der Waals surface area contributed by atoms with Crippen molar-refractivity contribution in [2.75, 3.05) is 20.2 Å². The fraction of sp³-hybridized carbons (Fsp3) is 0.556. The van der Waals surface area contributed by atoms with Gasteiger partial charge in [-0.1, -0.05) is 25.5 Å². The van der Waals surface area contributed by atoms with E-state index >= 15 is 0 Å². The molecule has 0 aromatic heterocycles. The zero-order chi connectivity index (χ0) is 17.1. The number of methoxy groups -OCH3 is 1. The third kappa shape index (κ3) is 3.11. The largest absolute Gasteiger partial charge is 0.497 e. The van der Waals surface area contributed by atoms with Crippen molar-refractivity contribution in [3.05, 3.63) is 29.8 Å². The predicted molar refractivity (Wildman–Crippen MR) is 90.8 cm³/mol. The molecule has 3 unspecified atom stereocenters. The lowest BCUT2D eigenvalue weighted by molar-refractivity contribution is -0.131. The Labute approximate surface area is 142 Å². The standard InChI is InChI=1S/C18H25N3O3/c1-3-4-10-21-16-15(17(22)20-18(21)23)14(8-9-19-16)12-6-5-7-13(11-12)24-2/h5-7,11,14-16,19H,3-4,8-10H2,1-2H3,(H,20,22,23). The van der Waals surface area contributed by atoms with Crippen molar-refractivity contribution in [2.45, 2.75) is 38.3 Å². The Morgan fingerprint density at radius 2 is 2.17 bits per heavy atom. The Balaban J connectivity index is 1.89. The summed E-state index contributed by atoms with van der Waals surface area (Å²) >= 11 is 0. The molecule has 2 heterocycles. The molecule has 3 rings (SSSR count). The number of carbonyl (C=O) groups is 2. The number of piperidine rings is 1. The monoisotopic (exact) mass is 331 g/mol. The van der Waals surface area contributed by atoms with Crippen LogP contribution >= 0.6 is 0 Å². The molecular formula is C18H25N3O3. The van der Waals surface area contributed by atoms with Crippen LogP contribution in [-0.4, -0.2) is 43.2 Å². The number of rotatable bonds is 5. The van der Waals surface area contributed by atoms with Gasteiger partial charge in [-0.05, 0) is 37.1 Å². The van der Waals surface area contributed by atoms with Crippen LogP contribution in [-0.2, 0) is 4.79 Å². The van der Waals surface area contributed by atoms with Gasteiger partial charge < -0.3 is 9.64 Å². The summed E-state index contributed by atoms with van der Waals surface area (Å²) < 4.78 is 5.32. The Hall–Kier alpha value is -2.08. The second kappa shape index (κ2) is 7.21. The van der Waals surface area contributed by atoms with E-state index in [9.17, 15) is 9.59 Å². The maximum Gasteiger partial charge on any atom is 0.325 e. The molecule has 1 aromatic carbocycles. The summed E-state index contributed by atoms with van der Waals surface area (Å²) in [5.74, 6) is 0.402. The number of nitrogens with zero attached hydrogens (tertiary/aromatic N) is 1. The molecule has 0 saturated carbocycles. The maximum atomic E-state index is 12.6. The van der Waals surface area contributed by atoms with Crippen LogP contribution < -0.4 is 15.4 Å². The van der Waals surface area contributed by atoms with Crippen molar-refractivity contribution in [2.24, 2.45) is 5.92 Å². The lowest BCUT2D eigenvalue weighted by Crippen LogP contribution is -2.68. The number of unbranched alkanes of at least 4 members (excludes halogenated alkanes) is 1. The normalized spacial score (nSPS) is 26.8. The third-order valence-electron chi connectivity index (χ3n) is 4.99. The highest BCUT2D eigenvalue weighted by atomic mass is 16.5. The van der Waals surface area contributed by atoms with E-state index in [4.69, 9.17) is 4.74 Å². The fourth-order valence-electron chi connectivity index (χ4n) is 3.75. The summed E-state index contributed by atoms with van der Waals surface area (Å²) in [5.41, 5.74) is 1.09. The first-order valence-corrected chi connectivity index (χ1v) is 8.64. The number of benzene rings is 1. The second-order valence-electron chi connectivity index (χ2n) is 6.44. The van der Waals surface area contributed by atoms with Gasteiger partial charge in [-0.3, -0.25) is 15.4 Å². The lowest BCUT2D eigenvalue weighted by atomic mass is 9.77. The molecule has 6 nitrogen and oxygen atoms in total. The molecule has 130 valence electrons. The predicted octanol–water partition coefficient (Wildman–Crippen LogP) is 2.07. The van der Waals surface area contributed by atoms with Crippen molar-refractivity contribution in [1.82, 2.24) is 15.5 Å². The number of urea groups is 1. The highest BCUT2D eigenvalue weighted by molar-refractivity contribution is 5.99. The molecule has 0 spiro atoms. The fourth-order valence-corrected chi connectivity index (χ4v) is 3.75. The van der Waals surface area contributed by atoms with Crippen LogP contribution in [0.5, 0.6) is 5.75 Å². The van der Waals surface area contributed by atoms with E-state index in [1.807, 2.05) is 24.3 Å². The first-order chi connectivity index (χ1) is 11.7. The van der Waals surface area contributed by atoms with E-state index < -0.39 is 0 Å². The Kier molecular flexibility index (Phi) is 5.04. The van der Waals surface area contributed by atoms with Crippen molar-refractivity contribution in [3.63, 3.8) is 0 Å². The number of fused-ring (bicyclic) bond motifs is 1. The maximum absolute atomic E-state index is 12.6. The number of hydrogen-bond donors (Lipinski definition) is 2. The summed E-state index contributed by atoms with van der Waals surface area (Å²) in [6.45, 7) is 3.54. The lowest BCUT2D eigenvalue weighted by Gasteiger charge is -2.46. The molecule has 2 aliphatic heterocycles. The number of amides is 3. The topological polar surface area (TPSA) is 70.7 Å². The van der Waals surface area contributed by atoms with Crippen LogP contribution in [0.25, 0.3) is 0 Å². The van der Waals surface area contributed by atoms with Gasteiger partial charge in [-0.2, -0.15) is 0 Å². The number of imide groups is 1. The molecule has 3 atom stereocenters. The van der Waals surface area contributed by atoms with Gasteiger partial charge in [0.15, 0.2) is 0 Å². The van der Waals surface area contributed by atoms with Gasteiger partial charge in [0.1, 0.15) is 5.75 Å². The molecule has 2 aliphatic rings. The van der Waals surface area contributed by atoms with E-state index in [2.05, 4.69) is 17.6 Å². The molecule has 2 fully saturated rings. The molecule has 2 saturated heterocycles. The number of ether oxygens (including phenoxy) is 1. The van der Waals surface area contributed by atoms with Crippen LogP contribution in [0, 0.1) is 5.92 Å². The van der Waals surface area contributed by atoms with Crippen molar-refractivity contribution in [3.8, 4) is 5.75 Å². The van der Waals surface area contributed by atoms with E-state index in [1.165, 1.54) is 0 Å². The van der Waals surface area contributed by atoms with Gasteiger partial charge in [-0.25, -0.2) is 4.79 Å². The molecule has 6 heteroatoms. The molecule has 0 bridgehead atoms. The zero-order valence-electron chi connectivity index (χ0n) is 14.2. The molecule has 0 radical (unpaired) electrons. The first-order valence-electron chi connectivity index (χ1n) is 8.64. The van der Waals surface area contributed by atoms with Crippen molar-refractivity contribution < 1.29 is 14.3 Å². The summed E-state index contributed by atoms with van der Waals surface area (Å²) in [4.78, 5) is 26.6. The number of hydrogen-bond acceptors (Lipinski definition) is 4. The van der Waals surface area contributed by atoms with Crippen molar-refractivity contribution >= 4 is 11.9 Å². The van der Waals surface area contributed by atoms with Gasteiger partial charge >= 0.3 is 6.03 Å². The summed E-state index contributed by atoms with van der Waals surface area (Å²) in [6, 6.07) is 7.60. The molecular weight excluding hydrogens is 306 g/mol. The zero-order valence-corrected chi connectivity index (χ0v) is 14.2. The number of nitrogens with one attached hydrogen (secondary N) is 2. The summed E-state index contributed by atoms with van der Waals surface area (Å²) in [5, 5.41) is 5.92. The minimum absolute atomic E-state index is 0.0728.